The number of benzene rings is 3. The Hall–Kier alpha value is -1.88. The Balaban J connectivity index is 1.58. The van der Waals surface area contributed by atoms with Crippen LogP contribution in [0.4, 0.5) is 0 Å². The van der Waals surface area contributed by atoms with Gasteiger partial charge in [0.05, 0.1) is 5.56 Å². The first-order valence-electron chi connectivity index (χ1n) is 8.16. The van der Waals surface area contributed by atoms with Gasteiger partial charge in [-0.2, -0.15) is 0 Å². The molecule has 24 heavy (non-hydrogen) atoms. The normalized spacial score (nSPS) is 10.8. The summed E-state index contributed by atoms with van der Waals surface area (Å²) < 4.78 is 0.999. The average Bonchev–Trinajstić information content (AvgIpc) is 2.58. The van der Waals surface area contributed by atoms with Gasteiger partial charge in [0.2, 0.25) is 0 Å². The van der Waals surface area contributed by atoms with Crippen molar-refractivity contribution in [1.82, 2.24) is 5.32 Å². The average molecular weight is 429 g/mol. The van der Waals surface area contributed by atoms with Gasteiger partial charge in [-0.3, -0.25) is 4.79 Å². The molecule has 3 rings (SSSR count). The maximum Gasteiger partial charge on any atom is 0.252 e. The molecule has 0 aromatic heterocycles. The van der Waals surface area contributed by atoms with Crippen LogP contribution in [0.15, 0.2) is 60.7 Å². The van der Waals surface area contributed by atoms with Crippen molar-refractivity contribution in [1.29, 1.82) is 0 Å². The van der Waals surface area contributed by atoms with E-state index in [9.17, 15) is 4.79 Å². The van der Waals surface area contributed by atoms with Gasteiger partial charge in [0.15, 0.2) is 0 Å². The lowest BCUT2D eigenvalue weighted by Gasteiger charge is -2.09. The summed E-state index contributed by atoms with van der Waals surface area (Å²) in [5.74, 6) is 0.0114. The van der Waals surface area contributed by atoms with Crippen LogP contribution < -0.4 is 5.32 Å². The zero-order chi connectivity index (χ0) is 16.9. The molecule has 3 heteroatoms. The third kappa shape index (κ3) is 3.96. The summed E-state index contributed by atoms with van der Waals surface area (Å²) in [5, 5.41) is 5.61. The highest BCUT2D eigenvalue weighted by Gasteiger charge is 2.09. The standard InChI is InChI=1S/C21H20INO/c1-15-11-12-19(20(22)14-15)21(24)23-13-5-9-17-8-4-7-16-6-2-3-10-18(16)17/h2-4,6-8,10-12,14H,5,9,13H2,1H3,(H,23,24). The predicted molar refractivity (Wildman–Crippen MR) is 108 cm³/mol. The number of rotatable bonds is 5. The number of nitrogens with one attached hydrogen (secondary N) is 1. The molecule has 1 amide bonds. The zero-order valence-electron chi connectivity index (χ0n) is 13.7. The summed E-state index contributed by atoms with van der Waals surface area (Å²) in [5.41, 5.74) is 3.27. The molecule has 2 nitrogen and oxygen atoms in total. The Morgan fingerprint density at radius 1 is 1.04 bits per heavy atom. The van der Waals surface area contributed by atoms with Crippen LogP contribution >= 0.6 is 22.6 Å². The van der Waals surface area contributed by atoms with Gasteiger partial charge in [-0.05, 0) is 70.8 Å². The fourth-order valence-electron chi connectivity index (χ4n) is 2.89. The SMILES string of the molecule is Cc1ccc(C(=O)NCCCc2cccc3ccccc23)c(I)c1. The van der Waals surface area contributed by atoms with Crippen LogP contribution in [0.3, 0.4) is 0 Å². The van der Waals surface area contributed by atoms with E-state index in [0.29, 0.717) is 6.54 Å². The fourth-order valence-corrected chi connectivity index (χ4v) is 3.81. The summed E-state index contributed by atoms with van der Waals surface area (Å²) >= 11 is 2.22. The first-order chi connectivity index (χ1) is 11.6. The molecule has 3 aromatic carbocycles. The van der Waals surface area contributed by atoms with Crippen molar-refractivity contribution in [2.45, 2.75) is 19.8 Å². The quantitative estimate of drug-likeness (QED) is 0.443. The number of fused-ring (bicyclic) bond motifs is 1. The van der Waals surface area contributed by atoms with E-state index in [1.807, 2.05) is 25.1 Å². The van der Waals surface area contributed by atoms with E-state index in [1.54, 1.807) is 0 Å². The molecule has 0 saturated heterocycles. The fraction of sp³-hybridized carbons (Fsp3) is 0.190. The van der Waals surface area contributed by atoms with Crippen molar-refractivity contribution in [2.75, 3.05) is 6.54 Å². The van der Waals surface area contributed by atoms with Gasteiger partial charge in [0, 0.05) is 10.1 Å². The molecule has 0 aliphatic rings. The van der Waals surface area contributed by atoms with Crippen LogP contribution in [0.5, 0.6) is 0 Å². The van der Waals surface area contributed by atoms with Crippen LogP contribution in [0, 0.1) is 10.5 Å². The third-order valence-electron chi connectivity index (χ3n) is 4.16. The molecule has 0 atom stereocenters. The van der Waals surface area contributed by atoms with E-state index < -0.39 is 0 Å². The van der Waals surface area contributed by atoms with Crippen LogP contribution in [-0.2, 0) is 6.42 Å². The molecular formula is C21H20INO. The largest absolute Gasteiger partial charge is 0.352 e. The van der Waals surface area contributed by atoms with Crippen molar-refractivity contribution in [3.8, 4) is 0 Å². The molecule has 3 aromatic rings. The first kappa shape index (κ1) is 17.0. The summed E-state index contributed by atoms with van der Waals surface area (Å²) in [4.78, 5) is 12.3. The summed E-state index contributed by atoms with van der Waals surface area (Å²) in [6.07, 6.45) is 1.90. The topological polar surface area (TPSA) is 29.1 Å². The lowest BCUT2D eigenvalue weighted by atomic mass is 10.0. The lowest BCUT2D eigenvalue weighted by molar-refractivity contribution is 0.0952. The Morgan fingerprint density at radius 2 is 1.83 bits per heavy atom. The number of hydrogen-bond acceptors (Lipinski definition) is 1. The highest BCUT2D eigenvalue weighted by atomic mass is 127. The molecule has 0 aliphatic carbocycles. The summed E-state index contributed by atoms with van der Waals surface area (Å²) in [6.45, 7) is 2.72. The van der Waals surface area contributed by atoms with Crippen molar-refractivity contribution in [2.24, 2.45) is 0 Å². The van der Waals surface area contributed by atoms with Crippen molar-refractivity contribution < 1.29 is 4.79 Å². The van der Waals surface area contributed by atoms with E-state index in [1.165, 1.54) is 21.9 Å². The molecule has 122 valence electrons. The Labute approximate surface area is 156 Å². The zero-order valence-corrected chi connectivity index (χ0v) is 15.8. The van der Waals surface area contributed by atoms with Gasteiger partial charge in [0.25, 0.3) is 5.91 Å². The van der Waals surface area contributed by atoms with Gasteiger partial charge in [-0.15, -0.1) is 0 Å². The first-order valence-corrected chi connectivity index (χ1v) is 9.24. The predicted octanol–water partition coefficient (Wildman–Crippen LogP) is 5.12. The maximum atomic E-state index is 12.3. The van der Waals surface area contributed by atoms with Crippen molar-refractivity contribution >= 4 is 39.3 Å². The number of hydrogen-bond donors (Lipinski definition) is 1. The summed E-state index contributed by atoms with van der Waals surface area (Å²) in [6, 6.07) is 20.8. The number of carbonyl (C=O) groups excluding carboxylic acids is 1. The van der Waals surface area contributed by atoms with Crippen LogP contribution in [0.1, 0.15) is 27.9 Å². The van der Waals surface area contributed by atoms with Crippen LogP contribution in [-0.4, -0.2) is 12.5 Å². The number of amides is 1. The number of carbonyl (C=O) groups is 1. The second-order valence-electron chi connectivity index (χ2n) is 5.98. The Bertz CT molecular complexity index is 867. The van der Waals surface area contributed by atoms with Gasteiger partial charge >= 0.3 is 0 Å². The second-order valence-corrected chi connectivity index (χ2v) is 7.14. The van der Waals surface area contributed by atoms with E-state index >= 15 is 0 Å². The minimum absolute atomic E-state index is 0.0114. The molecular weight excluding hydrogens is 409 g/mol. The Morgan fingerprint density at radius 3 is 2.67 bits per heavy atom. The highest BCUT2D eigenvalue weighted by molar-refractivity contribution is 14.1. The van der Waals surface area contributed by atoms with Crippen molar-refractivity contribution in [3.63, 3.8) is 0 Å². The smallest absolute Gasteiger partial charge is 0.252 e. The molecule has 0 bridgehead atoms. The van der Waals surface area contributed by atoms with Crippen LogP contribution in [0.25, 0.3) is 10.8 Å². The molecule has 0 fully saturated rings. The third-order valence-corrected chi connectivity index (χ3v) is 5.05. The second kappa shape index (κ2) is 7.79. The monoisotopic (exact) mass is 429 g/mol. The minimum Gasteiger partial charge on any atom is -0.352 e. The molecule has 0 aliphatic heterocycles. The van der Waals surface area contributed by atoms with E-state index in [-0.39, 0.29) is 5.91 Å². The number of halogens is 1. The molecule has 0 saturated carbocycles. The Kier molecular flexibility index (Phi) is 5.51. The van der Waals surface area contributed by atoms with Crippen LogP contribution in [0.2, 0.25) is 0 Å². The molecule has 0 unspecified atom stereocenters. The van der Waals surface area contributed by atoms with Gasteiger partial charge < -0.3 is 5.32 Å². The molecule has 1 N–H and O–H groups in total. The highest BCUT2D eigenvalue weighted by Crippen LogP contribution is 2.19. The van der Waals surface area contributed by atoms with E-state index in [2.05, 4.69) is 70.4 Å². The number of aryl methyl sites for hydroxylation is 2. The van der Waals surface area contributed by atoms with E-state index in [4.69, 9.17) is 0 Å². The molecule has 0 spiro atoms. The maximum absolute atomic E-state index is 12.3. The van der Waals surface area contributed by atoms with Gasteiger partial charge in [-0.25, -0.2) is 0 Å². The van der Waals surface area contributed by atoms with Gasteiger partial charge in [-0.1, -0.05) is 54.1 Å². The molecule has 0 radical (unpaired) electrons. The summed E-state index contributed by atoms with van der Waals surface area (Å²) in [7, 11) is 0. The van der Waals surface area contributed by atoms with Gasteiger partial charge in [0.1, 0.15) is 0 Å². The van der Waals surface area contributed by atoms with E-state index in [0.717, 1.165) is 22.0 Å². The molecule has 0 heterocycles. The minimum atomic E-state index is 0.0114. The van der Waals surface area contributed by atoms with Crippen molar-refractivity contribution in [3.05, 3.63) is 80.9 Å². The lowest BCUT2D eigenvalue weighted by Crippen LogP contribution is -2.25.